The lowest BCUT2D eigenvalue weighted by molar-refractivity contribution is -0.119. The number of rotatable bonds is 2. The van der Waals surface area contributed by atoms with E-state index < -0.39 is 0 Å². The SMILES string of the molecule is O=C1CCN(c2ccc(/C=C3/SC(=S)NC3=O)cc2)CC1. The molecule has 3 rings (SSSR count). The van der Waals surface area contributed by atoms with Gasteiger partial charge in [0.05, 0.1) is 4.91 Å². The number of benzene rings is 1. The fourth-order valence-corrected chi connectivity index (χ4v) is 3.41. The lowest BCUT2D eigenvalue weighted by Crippen LogP contribution is -2.33. The average molecular weight is 318 g/mol. The van der Waals surface area contributed by atoms with Gasteiger partial charge in [-0.2, -0.15) is 0 Å². The van der Waals surface area contributed by atoms with Crippen molar-refractivity contribution in [3.63, 3.8) is 0 Å². The van der Waals surface area contributed by atoms with E-state index in [9.17, 15) is 9.59 Å². The fraction of sp³-hybridized carbons (Fsp3) is 0.267. The third-order valence-corrected chi connectivity index (χ3v) is 4.68. The van der Waals surface area contributed by atoms with E-state index in [0.717, 1.165) is 24.3 Å². The predicted octanol–water partition coefficient (Wildman–Crippen LogP) is 2.34. The van der Waals surface area contributed by atoms with Crippen molar-refractivity contribution in [2.75, 3.05) is 18.0 Å². The monoisotopic (exact) mass is 318 g/mol. The normalized spacial score (nSPS) is 21.0. The summed E-state index contributed by atoms with van der Waals surface area (Å²) in [4.78, 5) is 25.7. The van der Waals surface area contributed by atoms with Gasteiger partial charge in [-0.3, -0.25) is 9.59 Å². The standard InChI is InChI=1S/C15H14N2O2S2/c18-12-5-7-17(8-6-12)11-3-1-10(2-4-11)9-13-14(19)16-15(20)21-13/h1-4,9H,5-8H2,(H,16,19,20)/b13-9+. The van der Waals surface area contributed by atoms with Gasteiger partial charge < -0.3 is 10.2 Å². The summed E-state index contributed by atoms with van der Waals surface area (Å²) in [5.74, 6) is 0.205. The van der Waals surface area contributed by atoms with E-state index in [1.54, 1.807) is 0 Å². The number of carbonyl (C=O) groups excluding carboxylic acids is 2. The van der Waals surface area contributed by atoms with Crippen LogP contribution in [0.1, 0.15) is 18.4 Å². The summed E-state index contributed by atoms with van der Waals surface area (Å²) in [5, 5.41) is 2.60. The molecule has 0 atom stereocenters. The Morgan fingerprint density at radius 3 is 2.38 bits per heavy atom. The summed E-state index contributed by atoms with van der Waals surface area (Å²) in [6, 6.07) is 8.01. The molecule has 0 spiro atoms. The fourth-order valence-electron chi connectivity index (χ4n) is 2.37. The molecular weight excluding hydrogens is 304 g/mol. The molecule has 4 nitrogen and oxygen atoms in total. The molecular formula is C15H14N2O2S2. The van der Waals surface area contributed by atoms with Crippen molar-refractivity contribution >= 4 is 51.8 Å². The van der Waals surface area contributed by atoms with Gasteiger partial charge in [-0.05, 0) is 23.8 Å². The van der Waals surface area contributed by atoms with E-state index in [1.807, 2.05) is 30.3 Å². The lowest BCUT2D eigenvalue weighted by Gasteiger charge is -2.28. The van der Waals surface area contributed by atoms with Crippen LogP contribution in [0.25, 0.3) is 6.08 Å². The van der Waals surface area contributed by atoms with Crippen molar-refractivity contribution in [1.29, 1.82) is 0 Å². The van der Waals surface area contributed by atoms with E-state index in [4.69, 9.17) is 12.2 Å². The first kappa shape index (κ1) is 14.3. The number of amides is 1. The minimum absolute atomic E-state index is 0.136. The first-order valence-electron chi connectivity index (χ1n) is 6.73. The molecule has 1 amide bonds. The average Bonchev–Trinajstić information content (AvgIpc) is 2.79. The third kappa shape index (κ3) is 3.33. The van der Waals surface area contributed by atoms with Gasteiger partial charge in [0, 0.05) is 31.6 Å². The van der Waals surface area contributed by atoms with Gasteiger partial charge in [0.25, 0.3) is 5.91 Å². The van der Waals surface area contributed by atoms with E-state index in [0.29, 0.717) is 27.9 Å². The van der Waals surface area contributed by atoms with Gasteiger partial charge >= 0.3 is 0 Å². The summed E-state index contributed by atoms with van der Waals surface area (Å²) < 4.78 is 0.501. The number of ketones is 1. The Bertz CT molecular complexity index is 628. The number of anilines is 1. The van der Waals surface area contributed by atoms with Gasteiger partial charge in [-0.25, -0.2) is 0 Å². The second kappa shape index (κ2) is 5.99. The summed E-state index contributed by atoms with van der Waals surface area (Å²) in [6.07, 6.45) is 3.09. The second-order valence-electron chi connectivity index (χ2n) is 4.97. The molecule has 0 unspecified atom stereocenters. The maximum atomic E-state index is 11.6. The van der Waals surface area contributed by atoms with E-state index in [1.165, 1.54) is 11.8 Å². The number of hydrogen-bond donors (Lipinski definition) is 1. The summed E-state index contributed by atoms with van der Waals surface area (Å²) in [5.41, 5.74) is 2.08. The van der Waals surface area contributed by atoms with Crippen LogP contribution in [0.3, 0.4) is 0 Å². The number of piperidine rings is 1. The van der Waals surface area contributed by atoms with Crippen LogP contribution in [0.4, 0.5) is 5.69 Å². The van der Waals surface area contributed by atoms with Gasteiger partial charge in [0.1, 0.15) is 10.1 Å². The van der Waals surface area contributed by atoms with Crippen LogP contribution < -0.4 is 10.2 Å². The molecule has 108 valence electrons. The van der Waals surface area contributed by atoms with Gasteiger partial charge in [-0.15, -0.1) is 0 Å². The Morgan fingerprint density at radius 1 is 1.14 bits per heavy atom. The molecule has 0 radical (unpaired) electrons. The van der Waals surface area contributed by atoms with E-state index in [2.05, 4.69) is 10.2 Å². The molecule has 1 aromatic rings. The quantitative estimate of drug-likeness (QED) is 0.670. The molecule has 1 aromatic carbocycles. The molecule has 2 heterocycles. The Balaban J connectivity index is 1.72. The van der Waals surface area contributed by atoms with E-state index >= 15 is 0 Å². The minimum Gasteiger partial charge on any atom is -0.371 e. The number of carbonyl (C=O) groups is 2. The molecule has 0 bridgehead atoms. The molecule has 2 aliphatic heterocycles. The highest BCUT2D eigenvalue weighted by atomic mass is 32.2. The Morgan fingerprint density at radius 2 is 1.81 bits per heavy atom. The Labute approximate surface area is 132 Å². The van der Waals surface area contributed by atoms with Crippen molar-refractivity contribution in [2.45, 2.75) is 12.8 Å². The first-order chi connectivity index (χ1) is 10.1. The summed E-state index contributed by atoms with van der Waals surface area (Å²) in [7, 11) is 0. The molecule has 1 N–H and O–H groups in total. The van der Waals surface area contributed by atoms with Crippen LogP contribution in [-0.2, 0) is 9.59 Å². The topological polar surface area (TPSA) is 49.4 Å². The first-order valence-corrected chi connectivity index (χ1v) is 7.96. The van der Waals surface area contributed by atoms with Crippen molar-refractivity contribution in [3.8, 4) is 0 Å². The second-order valence-corrected chi connectivity index (χ2v) is 6.69. The van der Waals surface area contributed by atoms with Crippen molar-refractivity contribution in [3.05, 3.63) is 34.7 Å². The Kier molecular flexibility index (Phi) is 4.07. The number of nitrogens with zero attached hydrogens (tertiary/aromatic N) is 1. The zero-order valence-electron chi connectivity index (χ0n) is 11.3. The van der Waals surface area contributed by atoms with Crippen molar-refractivity contribution in [1.82, 2.24) is 5.32 Å². The number of nitrogens with one attached hydrogen (secondary N) is 1. The van der Waals surface area contributed by atoms with Crippen LogP contribution in [0.15, 0.2) is 29.2 Å². The third-order valence-electron chi connectivity index (χ3n) is 3.52. The van der Waals surface area contributed by atoms with Crippen molar-refractivity contribution < 1.29 is 9.59 Å². The summed E-state index contributed by atoms with van der Waals surface area (Å²) >= 11 is 6.25. The molecule has 21 heavy (non-hydrogen) atoms. The highest BCUT2D eigenvalue weighted by Crippen LogP contribution is 2.27. The maximum absolute atomic E-state index is 11.6. The van der Waals surface area contributed by atoms with Crippen LogP contribution in [-0.4, -0.2) is 29.1 Å². The number of thioether (sulfide) groups is 1. The van der Waals surface area contributed by atoms with Gasteiger partial charge in [0.2, 0.25) is 0 Å². The van der Waals surface area contributed by atoms with Crippen LogP contribution in [0.5, 0.6) is 0 Å². The number of Topliss-reactive ketones (excluding diaryl/α,β-unsaturated/α-hetero) is 1. The molecule has 0 saturated carbocycles. The van der Waals surface area contributed by atoms with Gasteiger partial charge in [-0.1, -0.05) is 36.1 Å². The molecule has 2 saturated heterocycles. The predicted molar refractivity (Wildman–Crippen MR) is 89.2 cm³/mol. The molecule has 2 aliphatic rings. The largest absolute Gasteiger partial charge is 0.371 e. The Hall–Kier alpha value is -1.66. The molecule has 6 heteroatoms. The van der Waals surface area contributed by atoms with Crippen LogP contribution in [0.2, 0.25) is 0 Å². The summed E-state index contributed by atoms with van der Waals surface area (Å²) in [6.45, 7) is 1.57. The van der Waals surface area contributed by atoms with Gasteiger partial charge in [0.15, 0.2) is 0 Å². The number of hydrogen-bond acceptors (Lipinski definition) is 5. The van der Waals surface area contributed by atoms with E-state index in [-0.39, 0.29) is 5.91 Å². The molecule has 0 aliphatic carbocycles. The highest BCUT2D eigenvalue weighted by molar-refractivity contribution is 8.26. The van der Waals surface area contributed by atoms with Crippen LogP contribution in [0, 0.1) is 0 Å². The smallest absolute Gasteiger partial charge is 0.263 e. The van der Waals surface area contributed by atoms with Crippen LogP contribution >= 0.6 is 24.0 Å². The maximum Gasteiger partial charge on any atom is 0.263 e. The highest BCUT2D eigenvalue weighted by Gasteiger charge is 2.22. The minimum atomic E-state index is -0.136. The lowest BCUT2D eigenvalue weighted by atomic mass is 10.1. The van der Waals surface area contributed by atoms with Crippen molar-refractivity contribution in [2.24, 2.45) is 0 Å². The zero-order valence-corrected chi connectivity index (χ0v) is 12.9. The molecule has 2 fully saturated rings. The number of thiocarbonyl (C=S) groups is 1. The molecule has 0 aromatic heterocycles. The zero-order chi connectivity index (χ0) is 14.8.